The van der Waals surface area contributed by atoms with Crippen molar-refractivity contribution >= 4 is 0 Å². The SMILES string of the molecule is CC(C)[C@@H]1CC[C@@H](C)C[C@@H]1C#N. The molecule has 12 heavy (non-hydrogen) atoms. The lowest BCUT2D eigenvalue weighted by Crippen LogP contribution is -2.26. The van der Waals surface area contributed by atoms with Gasteiger partial charge in [-0.2, -0.15) is 5.26 Å². The van der Waals surface area contributed by atoms with Crippen LogP contribution in [0.3, 0.4) is 0 Å². The van der Waals surface area contributed by atoms with Gasteiger partial charge in [-0.15, -0.1) is 0 Å². The van der Waals surface area contributed by atoms with Gasteiger partial charge in [-0.1, -0.05) is 27.2 Å². The van der Waals surface area contributed by atoms with Gasteiger partial charge < -0.3 is 0 Å². The van der Waals surface area contributed by atoms with Crippen LogP contribution < -0.4 is 0 Å². The minimum absolute atomic E-state index is 0.328. The molecule has 0 aromatic rings. The molecule has 1 saturated carbocycles. The van der Waals surface area contributed by atoms with Crippen molar-refractivity contribution in [1.29, 1.82) is 5.26 Å². The third kappa shape index (κ3) is 2.00. The molecule has 0 amide bonds. The molecule has 0 aromatic heterocycles. The van der Waals surface area contributed by atoms with Gasteiger partial charge in [-0.25, -0.2) is 0 Å². The summed E-state index contributed by atoms with van der Waals surface area (Å²) in [6.45, 7) is 6.75. The van der Waals surface area contributed by atoms with Crippen molar-refractivity contribution in [3.8, 4) is 6.07 Å². The highest BCUT2D eigenvalue weighted by atomic mass is 14.4. The van der Waals surface area contributed by atoms with Gasteiger partial charge in [-0.3, -0.25) is 0 Å². The van der Waals surface area contributed by atoms with Crippen molar-refractivity contribution in [2.75, 3.05) is 0 Å². The standard InChI is InChI=1S/C11H19N/c1-8(2)11-5-4-9(3)6-10(11)7-12/h8-11H,4-6H2,1-3H3/t9-,10-,11+/m1/s1. The minimum Gasteiger partial charge on any atom is -0.198 e. The summed E-state index contributed by atoms with van der Waals surface area (Å²) in [6.07, 6.45) is 3.71. The van der Waals surface area contributed by atoms with Crippen molar-refractivity contribution in [3.63, 3.8) is 0 Å². The Hall–Kier alpha value is -0.510. The fourth-order valence-corrected chi connectivity index (χ4v) is 2.35. The van der Waals surface area contributed by atoms with Crippen LogP contribution in [0.2, 0.25) is 0 Å². The quantitative estimate of drug-likeness (QED) is 0.585. The zero-order chi connectivity index (χ0) is 9.14. The largest absolute Gasteiger partial charge is 0.198 e. The molecule has 1 aliphatic carbocycles. The number of rotatable bonds is 1. The molecular formula is C11H19N. The van der Waals surface area contributed by atoms with Crippen LogP contribution in [0, 0.1) is 35.0 Å². The maximum Gasteiger partial charge on any atom is 0.0658 e. The molecule has 1 aliphatic rings. The van der Waals surface area contributed by atoms with Crippen LogP contribution in [0.5, 0.6) is 0 Å². The molecule has 0 bridgehead atoms. The lowest BCUT2D eigenvalue weighted by atomic mass is 9.71. The summed E-state index contributed by atoms with van der Waals surface area (Å²) < 4.78 is 0. The lowest BCUT2D eigenvalue weighted by Gasteiger charge is -2.33. The summed E-state index contributed by atoms with van der Waals surface area (Å²) >= 11 is 0. The monoisotopic (exact) mass is 165 g/mol. The van der Waals surface area contributed by atoms with Gasteiger partial charge in [0.15, 0.2) is 0 Å². The molecule has 0 aliphatic heterocycles. The Morgan fingerprint density at radius 2 is 2.00 bits per heavy atom. The highest BCUT2D eigenvalue weighted by molar-refractivity contribution is 4.93. The lowest BCUT2D eigenvalue weighted by molar-refractivity contribution is 0.183. The Bertz CT molecular complexity index is 178. The van der Waals surface area contributed by atoms with E-state index < -0.39 is 0 Å². The first kappa shape index (κ1) is 9.58. The number of nitriles is 1. The maximum atomic E-state index is 8.98. The number of hydrogen-bond donors (Lipinski definition) is 0. The number of nitrogens with zero attached hydrogens (tertiary/aromatic N) is 1. The third-order valence-electron chi connectivity index (χ3n) is 3.19. The third-order valence-corrected chi connectivity index (χ3v) is 3.19. The molecule has 1 nitrogen and oxygen atoms in total. The summed E-state index contributed by atoms with van der Waals surface area (Å²) in [5.74, 6) is 2.44. The van der Waals surface area contributed by atoms with Gasteiger partial charge in [0, 0.05) is 5.92 Å². The van der Waals surface area contributed by atoms with E-state index in [2.05, 4.69) is 26.8 Å². The van der Waals surface area contributed by atoms with Crippen molar-refractivity contribution in [2.45, 2.75) is 40.0 Å². The Morgan fingerprint density at radius 1 is 1.33 bits per heavy atom. The van der Waals surface area contributed by atoms with E-state index in [-0.39, 0.29) is 0 Å². The fourth-order valence-electron chi connectivity index (χ4n) is 2.35. The average Bonchev–Trinajstić information content (AvgIpc) is 2.03. The van der Waals surface area contributed by atoms with Crippen LogP contribution in [0.25, 0.3) is 0 Å². The van der Waals surface area contributed by atoms with E-state index in [9.17, 15) is 0 Å². The molecule has 3 atom stereocenters. The van der Waals surface area contributed by atoms with Crippen LogP contribution >= 0.6 is 0 Å². The summed E-state index contributed by atoms with van der Waals surface area (Å²) in [5.41, 5.74) is 0. The molecule has 68 valence electrons. The van der Waals surface area contributed by atoms with E-state index in [1.165, 1.54) is 12.8 Å². The normalized spacial score (nSPS) is 36.4. The summed E-state index contributed by atoms with van der Waals surface area (Å²) in [5, 5.41) is 8.98. The van der Waals surface area contributed by atoms with Crippen LogP contribution in [0.1, 0.15) is 40.0 Å². The molecule has 0 saturated heterocycles. The highest BCUT2D eigenvalue weighted by Crippen LogP contribution is 2.37. The van der Waals surface area contributed by atoms with E-state index in [1.807, 2.05) is 0 Å². The van der Waals surface area contributed by atoms with E-state index >= 15 is 0 Å². The highest BCUT2D eigenvalue weighted by Gasteiger charge is 2.30. The summed E-state index contributed by atoms with van der Waals surface area (Å²) in [6, 6.07) is 2.47. The first-order valence-corrected chi connectivity index (χ1v) is 5.04. The first-order chi connectivity index (χ1) is 5.65. The van der Waals surface area contributed by atoms with Crippen molar-refractivity contribution < 1.29 is 0 Å². The second kappa shape index (κ2) is 3.94. The first-order valence-electron chi connectivity index (χ1n) is 5.04. The Morgan fingerprint density at radius 3 is 2.50 bits per heavy atom. The van der Waals surface area contributed by atoms with E-state index in [4.69, 9.17) is 5.26 Å². The van der Waals surface area contributed by atoms with Gasteiger partial charge in [0.25, 0.3) is 0 Å². The molecule has 0 aromatic carbocycles. The molecule has 1 heteroatoms. The molecule has 0 N–H and O–H groups in total. The molecule has 1 rings (SSSR count). The van der Waals surface area contributed by atoms with Crippen LogP contribution in [0.15, 0.2) is 0 Å². The topological polar surface area (TPSA) is 23.8 Å². The molecule has 0 radical (unpaired) electrons. The zero-order valence-corrected chi connectivity index (χ0v) is 8.38. The van der Waals surface area contributed by atoms with Crippen molar-refractivity contribution in [2.24, 2.45) is 23.7 Å². The van der Waals surface area contributed by atoms with Crippen molar-refractivity contribution in [1.82, 2.24) is 0 Å². The summed E-state index contributed by atoms with van der Waals surface area (Å²) in [7, 11) is 0. The van der Waals surface area contributed by atoms with Gasteiger partial charge >= 0.3 is 0 Å². The van der Waals surface area contributed by atoms with E-state index in [0.717, 1.165) is 12.3 Å². The Labute approximate surface area is 75.8 Å². The average molecular weight is 165 g/mol. The van der Waals surface area contributed by atoms with Crippen molar-refractivity contribution in [3.05, 3.63) is 0 Å². The molecule has 1 fully saturated rings. The Kier molecular flexibility index (Phi) is 3.14. The molecule has 0 spiro atoms. The predicted octanol–water partition coefficient (Wildman–Crippen LogP) is 3.22. The second-order valence-electron chi connectivity index (χ2n) is 4.56. The second-order valence-corrected chi connectivity index (χ2v) is 4.56. The molecular weight excluding hydrogens is 146 g/mol. The van der Waals surface area contributed by atoms with Gasteiger partial charge in [0.1, 0.15) is 0 Å². The molecule has 0 heterocycles. The van der Waals surface area contributed by atoms with Gasteiger partial charge in [0.05, 0.1) is 6.07 Å². The fraction of sp³-hybridized carbons (Fsp3) is 0.909. The summed E-state index contributed by atoms with van der Waals surface area (Å²) in [4.78, 5) is 0. The Balaban J connectivity index is 2.58. The van der Waals surface area contributed by atoms with Crippen LogP contribution in [0.4, 0.5) is 0 Å². The maximum absolute atomic E-state index is 8.98. The molecule has 0 unspecified atom stereocenters. The smallest absolute Gasteiger partial charge is 0.0658 e. The minimum atomic E-state index is 0.328. The number of hydrogen-bond acceptors (Lipinski definition) is 1. The van der Waals surface area contributed by atoms with E-state index in [0.29, 0.717) is 17.8 Å². The zero-order valence-electron chi connectivity index (χ0n) is 8.38. The van der Waals surface area contributed by atoms with E-state index in [1.54, 1.807) is 0 Å². The van der Waals surface area contributed by atoms with Gasteiger partial charge in [0.2, 0.25) is 0 Å². The predicted molar refractivity (Wildman–Crippen MR) is 50.4 cm³/mol. The van der Waals surface area contributed by atoms with Crippen LogP contribution in [-0.4, -0.2) is 0 Å². The van der Waals surface area contributed by atoms with Gasteiger partial charge in [-0.05, 0) is 30.6 Å². The van der Waals surface area contributed by atoms with Crippen LogP contribution in [-0.2, 0) is 0 Å².